The molecule has 0 saturated carbocycles. The quantitative estimate of drug-likeness (QED) is 0.857. The van der Waals surface area contributed by atoms with Gasteiger partial charge >= 0.3 is 0 Å². The molecule has 1 heterocycles. The van der Waals surface area contributed by atoms with Crippen LogP contribution in [0, 0.1) is 13.8 Å². The molecule has 1 aliphatic rings. The minimum absolute atomic E-state index is 0.107. The SMILES string of the molecule is CC[C@H]1CCCCN1S(=O)(=O)c1cc(C)c(C)cc1OC. The molecule has 1 fully saturated rings. The molecule has 0 unspecified atom stereocenters. The van der Waals surface area contributed by atoms with E-state index in [9.17, 15) is 8.42 Å². The highest BCUT2D eigenvalue weighted by Crippen LogP contribution is 2.33. The van der Waals surface area contributed by atoms with E-state index in [0.717, 1.165) is 36.8 Å². The second-order valence-electron chi connectivity index (χ2n) is 5.76. The van der Waals surface area contributed by atoms with Crippen molar-refractivity contribution < 1.29 is 13.2 Å². The number of hydrogen-bond donors (Lipinski definition) is 0. The number of sulfonamides is 1. The van der Waals surface area contributed by atoms with Crippen LogP contribution in [0.15, 0.2) is 17.0 Å². The summed E-state index contributed by atoms with van der Waals surface area (Å²) in [5.41, 5.74) is 2.01. The molecule has 0 amide bonds. The Hall–Kier alpha value is -1.07. The Labute approximate surface area is 128 Å². The Bertz CT molecular complexity index is 610. The molecule has 4 nitrogen and oxygen atoms in total. The van der Waals surface area contributed by atoms with Crippen molar-refractivity contribution in [1.29, 1.82) is 0 Å². The lowest BCUT2D eigenvalue weighted by Crippen LogP contribution is -2.43. The first kappa shape index (κ1) is 16.3. The fourth-order valence-corrected chi connectivity index (χ4v) is 4.94. The Morgan fingerprint density at radius 1 is 1.24 bits per heavy atom. The number of methoxy groups -OCH3 is 1. The average molecular weight is 311 g/mol. The summed E-state index contributed by atoms with van der Waals surface area (Å²) >= 11 is 0. The van der Waals surface area contributed by atoms with E-state index < -0.39 is 10.0 Å². The van der Waals surface area contributed by atoms with Crippen LogP contribution >= 0.6 is 0 Å². The number of piperidine rings is 1. The van der Waals surface area contributed by atoms with E-state index >= 15 is 0 Å². The van der Waals surface area contributed by atoms with E-state index in [-0.39, 0.29) is 6.04 Å². The largest absolute Gasteiger partial charge is 0.495 e. The highest BCUT2D eigenvalue weighted by Gasteiger charge is 2.34. The fourth-order valence-electron chi connectivity index (χ4n) is 2.95. The van der Waals surface area contributed by atoms with Gasteiger partial charge in [-0.3, -0.25) is 0 Å². The molecular formula is C16H25NO3S. The van der Waals surface area contributed by atoms with Crippen LogP contribution in [-0.4, -0.2) is 32.4 Å². The van der Waals surface area contributed by atoms with Crippen molar-refractivity contribution in [3.8, 4) is 5.75 Å². The topological polar surface area (TPSA) is 46.6 Å². The van der Waals surface area contributed by atoms with Gasteiger partial charge in [-0.2, -0.15) is 4.31 Å². The summed E-state index contributed by atoms with van der Waals surface area (Å²) < 4.78 is 33.1. The van der Waals surface area contributed by atoms with Crippen molar-refractivity contribution in [2.45, 2.75) is 57.4 Å². The number of aryl methyl sites for hydroxylation is 2. The predicted octanol–water partition coefficient (Wildman–Crippen LogP) is 3.27. The third kappa shape index (κ3) is 3.09. The van der Waals surface area contributed by atoms with Crippen LogP contribution in [0.5, 0.6) is 5.75 Å². The van der Waals surface area contributed by atoms with Gasteiger partial charge in [0, 0.05) is 12.6 Å². The van der Waals surface area contributed by atoms with Crippen molar-refractivity contribution in [2.24, 2.45) is 0 Å². The summed E-state index contributed by atoms with van der Waals surface area (Å²) in [7, 11) is -1.97. The van der Waals surface area contributed by atoms with Crippen LogP contribution in [-0.2, 0) is 10.0 Å². The zero-order chi connectivity index (χ0) is 15.6. The first-order chi connectivity index (χ1) is 9.91. The molecule has 0 aromatic heterocycles. The molecule has 1 saturated heterocycles. The number of nitrogens with zero attached hydrogens (tertiary/aromatic N) is 1. The molecular weight excluding hydrogens is 286 g/mol. The Balaban J connectivity index is 2.50. The van der Waals surface area contributed by atoms with Gasteiger partial charge in [0.1, 0.15) is 10.6 Å². The molecule has 0 bridgehead atoms. The van der Waals surface area contributed by atoms with E-state index in [2.05, 4.69) is 6.92 Å². The minimum atomic E-state index is -3.50. The molecule has 1 aliphatic heterocycles. The van der Waals surface area contributed by atoms with E-state index in [1.165, 1.54) is 7.11 Å². The van der Waals surface area contributed by atoms with E-state index in [0.29, 0.717) is 17.2 Å². The normalized spacial score (nSPS) is 20.5. The van der Waals surface area contributed by atoms with Crippen LogP contribution < -0.4 is 4.74 Å². The van der Waals surface area contributed by atoms with Crippen LogP contribution in [0.1, 0.15) is 43.7 Å². The van der Waals surface area contributed by atoms with Crippen LogP contribution in [0.25, 0.3) is 0 Å². The first-order valence-corrected chi connectivity index (χ1v) is 9.03. The second-order valence-corrected chi connectivity index (χ2v) is 7.62. The fraction of sp³-hybridized carbons (Fsp3) is 0.625. The molecule has 2 rings (SSSR count). The third-order valence-electron chi connectivity index (χ3n) is 4.41. The Morgan fingerprint density at radius 2 is 1.90 bits per heavy atom. The monoisotopic (exact) mass is 311 g/mol. The average Bonchev–Trinajstić information content (AvgIpc) is 2.49. The van der Waals surface area contributed by atoms with Gasteiger partial charge in [0.2, 0.25) is 10.0 Å². The lowest BCUT2D eigenvalue weighted by Gasteiger charge is -2.34. The maximum absolute atomic E-state index is 13.0. The summed E-state index contributed by atoms with van der Waals surface area (Å²) in [6.45, 7) is 6.55. The lowest BCUT2D eigenvalue weighted by molar-refractivity contribution is 0.246. The summed E-state index contributed by atoms with van der Waals surface area (Å²) in [5.74, 6) is 0.443. The van der Waals surface area contributed by atoms with Crippen molar-refractivity contribution in [3.05, 3.63) is 23.3 Å². The van der Waals surface area contributed by atoms with Gasteiger partial charge in [-0.05, 0) is 56.4 Å². The maximum Gasteiger partial charge on any atom is 0.247 e. The molecule has 0 aliphatic carbocycles. The lowest BCUT2D eigenvalue weighted by atomic mass is 10.0. The van der Waals surface area contributed by atoms with E-state index in [4.69, 9.17) is 4.74 Å². The standard InChI is InChI=1S/C16H25NO3S/c1-5-14-8-6-7-9-17(14)21(18,19)16-11-13(3)12(2)10-15(16)20-4/h10-11,14H,5-9H2,1-4H3/t14-/m0/s1. The zero-order valence-corrected chi connectivity index (χ0v) is 14.2. The first-order valence-electron chi connectivity index (χ1n) is 7.59. The number of ether oxygens (including phenoxy) is 1. The van der Waals surface area contributed by atoms with Gasteiger partial charge in [-0.25, -0.2) is 8.42 Å². The molecule has 21 heavy (non-hydrogen) atoms. The van der Waals surface area contributed by atoms with Gasteiger partial charge in [0.05, 0.1) is 7.11 Å². The minimum Gasteiger partial charge on any atom is -0.495 e. The molecule has 5 heteroatoms. The molecule has 1 aromatic carbocycles. The maximum atomic E-state index is 13.0. The van der Waals surface area contributed by atoms with Gasteiger partial charge in [-0.15, -0.1) is 0 Å². The van der Waals surface area contributed by atoms with Crippen molar-refractivity contribution in [2.75, 3.05) is 13.7 Å². The zero-order valence-electron chi connectivity index (χ0n) is 13.3. The van der Waals surface area contributed by atoms with Crippen LogP contribution in [0.2, 0.25) is 0 Å². The summed E-state index contributed by atoms with van der Waals surface area (Å²) in [5, 5.41) is 0. The van der Waals surface area contributed by atoms with E-state index in [1.54, 1.807) is 10.4 Å². The number of hydrogen-bond acceptors (Lipinski definition) is 3. The van der Waals surface area contributed by atoms with E-state index in [1.807, 2.05) is 19.9 Å². The summed E-state index contributed by atoms with van der Waals surface area (Å²) in [4.78, 5) is 0.299. The predicted molar refractivity (Wildman–Crippen MR) is 84.3 cm³/mol. The number of rotatable bonds is 4. The molecule has 118 valence electrons. The highest BCUT2D eigenvalue weighted by atomic mass is 32.2. The van der Waals surface area contributed by atoms with Crippen molar-refractivity contribution in [1.82, 2.24) is 4.31 Å². The second kappa shape index (κ2) is 6.36. The third-order valence-corrected chi connectivity index (χ3v) is 6.38. The molecule has 0 radical (unpaired) electrons. The van der Waals surface area contributed by atoms with Gasteiger partial charge < -0.3 is 4.74 Å². The smallest absolute Gasteiger partial charge is 0.247 e. The molecule has 1 atom stereocenters. The van der Waals surface area contributed by atoms with Crippen LogP contribution in [0.3, 0.4) is 0 Å². The summed E-state index contributed by atoms with van der Waals surface area (Å²) in [6.07, 6.45) is 3.84. The van der Waals surface area contributed by atoms with Gasteiger partial charge in [0.25, 0.3) is 0 Å². The molecule has 0 spiro atoms. The Morgan fingerprint density at radius 3 is 2.52 bits per heavy atom. The van der Waals surface area contributed by atoms with Gasteiger partial charge in [-0.1, -0.05) is 13.3 Å². The van der Waals surface area contributed by atoms with Crippen LogP contribution in [0.4, 0.5) is 0 Å². The molecule has 1 aromatic rings. The highest BCUT2D eigenvalue weighted by molar-refractivity contribution is 7.89. The molecule has 0 N–H and O–H groups in total. The summed E-state index contributed by atoms with van der Waals surface area (Å²) in [6, 6.07) is 3.66. The van der Waals surface area contributed by atoms with Crippen molar-refractivity contribution >= 4 is 10.0 Å². The van der Waals surface area contributed by atoms with Crippen molar-refractivity contribution in [3.63, 3.8) is 0 Å². The number of benzene rings is 1. The Kier molecular flexibility index (Phi) is 4.94. The van der Waals surface area contributed by atoms with Gasteiger partial charge in [0.15, 0.2) is 0 Å².